The fourth-order valence-corrected chi connectivity index (χ4v) is 2.12. The number of aromatic hydroxyl groups is 1. The highest BCUT2D eigenvalue weighted by molar-refractivity contribution is 5.96. The average Bonchev–Trinajstić information content (AvgIpc) is 2.49. The van der Waals surface area contributed by atoms with Crippen molar-refractivity contribution in [2.24, 2.45) is 5.73 Å². The topological polar surface area (TPSA) is 83.6 Å². The molecule has 114 valence electrons. The van der Waals surface area contributed by atoms with Crippen molar-refractivity contribution in [1.82, 2.24) is 4.90 Å². The van der Waals surface area contributed by atoms with Gasteiger partial charge in [0.2, 0.25) is 5.91 Å². The molecule has 0 bridgehead atoms. The predicted octanol–water partition coefficient (Wildman–Crippen LogP) is 1.83. The number of benzene rings is 2. The van der Waals surface area contributed by atoms with E-state index in [9.17, 15) is 14.7 Å². The van der Waals surface area contributed by atoms with Crippen LogP contribution in [0.1, 0.15) is 21.5 Å². The molecule has 3 N–H and O–H groups in total. The number of aryl methyl sites for hydroxylation is 1. The van der Waals surface area contributed by atoms with Crippen LogP contribution >= 0.6 is 0 Å². The summed E-state index contributed by atoms with van der Waals surface area (Å²) in [4.78, 5) is 25.2. The molecule has 0 aliphatic rings. The van der Waals surface area contributed by atoms with E-state index >= 15 is 0 Å². The van der Waals surface area contributed by atoms with E-state index < -0.39 is 5.91 Å². The van der Waals surface area contributed by atoms with Gasteiger partial charge in [-0.1, -0.05) is 36.4 Å². The van der Waals surface area contributed by atoms with Crippen LogP contribution in [0.15, 0.2) is 48.5 Å². The summed E-state index contributed by atoms with van der Waals surface area (Å²) in [6.07, 6.45) is 0. The molecule has 0 aliphatic carbocycles. The first-order valence-electron chi connectivity index (χ1n) is 6.88. The standard InChI is InChI=1S/C17H18N2O3/c1-12-7-8-14(9-15(12)20)17(22)19(11-16(18)21)10-13-5-3-2-4-6-13/h2-9,20H,10-11H2,1H3,(H2,18,21). The predicted molar refractivity (Wildman–Crippen MR) is 83.2 cm³/mol. The van der Waals surface area contributed by atoms with Crippen molar-refractivity contribution < 1.29 is 14.7 Å². The molecule has 2 aromatic rings. The van der Waals surface area contributed by atoms with Crippen molar-refractivity contribution in [1.29, 1.82) is 0 Å². The summed E-state index contributed by atoms with van der Waals surface area (Å²) in [6, 6.07) is 14.0. The van der Waals surface area contributed by atoms with E-state index in [0.717, 1.165) is 5.56 Å². The summed E-state index contributed by atoms with van der Waals surface area (Å²) >= 11 is 0. The number of nitrogens with zero attached hydrogens (tertiary/aromatic N) is 1. The van der Waals surface area contributed by atoms with Gasteiger partial charge in [-0.05, 0) is 30.2 Å². The van der Waals surface area contributed by atoms with Crippen molar-refractivity contribution in [2.75, 3.05) is 6.54 Å². The van der Waals surface area contributed by atoms with Crippen molar-refractivity contribution in [2.45, 2.75) is 13.5 Å². The van der Waals surface area contributed by atoms with Crippen LogP contribution in [0.5, 0.6) is 5.75 Å². The third kappa shape index (κ3) is 3.85. The summed E-state index contributed by atoms with van der Waals surface area (Å²) in [5.74, 6) is -0.886. The van der Waals surface area contributed by atoms with E-state index in [0.29, 0.717) is 11.1 Å². The van der Waals surface area contributed by atoms with Crippen LogP contribution in [0.2, 0.25) is 0 Å². The van der Waals surface area contributed by atoms with Crippen molar-refractivity contribution in [3.8, 4) is 5.75 Å². The fraction of sp³-hybridized carbons (Fsp3) is 0.176. The lowest BCUT2D eigenvalue weighted by molar-refractivity contribution is -0.118. The van der Waals surface area contributed by atoms with Gasteiger partial charge in [-0.15, -0.1) is 0 Å². The zero-order valence-corrected chi connectivity index (χ0v) is 12.3. The summed E-state index contributed by atoms with van der Waals surface area (Å²) in [5.41, 5.74) is 7.13. The molecule has 0 radical (unpaired) electrons. The summed E-state index contributed by atoms with van der Waals surface area (Å²) < 4.78 is 0. The Morgan fingerprint density at radius 3 is 2.41 bits per heavy atom. The van der Waals surface area contributed by atoms with Gasteiger partial charge in [-0.3, -0.25) is 9.59 Å². The molecule has 0 saturated heterocycles. The third-order valence-corrected chi connectivity index (χ3v) is 3.31. The van der Waals surface area contributed by atoms with Crippen LogP contribution in [-0.4, -0.2) is 28.4 Å². The molecular weight excluding hydrogens is 280 g/mol. The van der Waals surface area contributed by atoms with Gasteiger partial charge in [0, 0.05) is 12.1 Å². The molecular formula is C17H18N2O3. The van der Waals surface area contributed by atoms with Gasteiger partial charge in [-0.2, -0.15) is 0 Å². The Morgan fingerprint density at radius 2 is 1.82 bits per heavy atom. The molecule has 0 saturated carbocycles. The van der Waals surface area contributed by atoms with E-state index in [1.165, 1.54) is 11.0 Å². The van der Waals surface area contributed by atoms with Crippen LogP contribution in [0.3, 0.4) is 0 Å². The maximum Gasteiger partial charge on any atom is 0.254 e. The lowest BCUT2D eigenvalue weighted by Gasteiger charge is -2.21. The number of hydrogen-bond donors (Lipinski definition) is 2. The molecule has 0 heterocycles. The van der Waals surface area contributed by atoms with Crippen molar-refractivity contribution in [3.63, 3.8) is 0 Å². The van der Waals surface area contributed by atoms with Gasteiger partial charge < -0.3 is 15.7 Å². The van der Waals surface area contributed by atoms with Gasteiger partial charge in [-0.25, -0.2) is 0 Å². The molecule has 0 atom stereocenters. The molecule has 0 fully saturated rings. The van der Waals surface area contributed by atoms with Crippen LogP contribution in [0, 0.1) is 6.92 Å². The molecule has 2 aromatic carbocycles. The number of carbonyl (C=O) groups excluding carboxylic acids is 2. The van der Waals surface area contributed by atoms with Crippen LogP contribution in [0.4, 0.5) is 0 Å². The number of hydrogen-bond acceptors (Lipinski definition) is 3. The molecule has 5 nitrogen and oxygen atoms in total. The Hall–Kier alpha value is -2.82. The average molecular weight is 298 g/mol. The lowest BCUT2D eigenvalue weighted by atomic mass is 10.1. The second-order valence-electron chi connectivity index (χ2n) is 5.11. The Kier molecular flexibility index (Phi) is 4.78. The number of rotatable bonds is 5. The zero-order valence-electron chi connectivity index (χ0n) is 12.3. The minimum Gasteiger partial charge on any atom is -0.508 e. The van der Waals surface area contributed by atoms with Gasteiger partial charge >= 0.3 is 0 Å². The number of nitrogens with two attached hydrogens (primary N) is 1. The normalized spacial score (nSPS) is 10.2. The highest BCUT2D eigenvalue weighted by Crippen LogP contribution is 2.19. The fourth-order valence-electron chi connectivity index (χ4n) is 2.12. The summed E-state index contributed by atoms with van der Waals surface area (Å²) in [6.45, 7) is 1.84. The summed E-state index contributed by atoms with van der Waals surface area (Å²) in [5, 5.41) is 9.74. The van der Waals surface area contributed by atoms with E-state index in [1.807, 2.05) is 30.3 Å². The maximum absolute atomic E-state index is 12.6. The molecule has 0 spiro atoms. The smallest absolute Gasteiger partial charge is 0.254 e. The van der Waals surface area contributed by atoms with E-state index in [1.54, 1.807) is 19.1 Å². The van der Waals surface area contributed by atoms with Gasteiger partial charge in [0.25, 0.3) is 5.91 Å². The molecule has 2 rings (SSSR count). The number of phenols is 1. The minimum atomic E-state index is -0.583. The van der Waals surface area contributed by atoms with Crippen LogP contribution < -0.4 is 5.73 Å². The monoisotopic (exact) mass is 298 g/mol. The second kappa shape index (κ2) is 6.76. The Labute approximate surface area is 129 Å². The molecule has 5 heteroatoms. The first kappa shape index (κ1) is 15.6. The highest BCUT2D eigenvalue weighted by Gasteiger charge is 2.18. The first-order chi connectivity index (χ1) is 10.5. The molecule has 0 aromatic heterocycles. The SMILES string of the molecule is Cc1ccc(C(=O)N(CC(N)=O)Cc2ccccc2)cc1O. The van der Waals surface area contributed by atoms with Crippen LogP contribution in [0.25, 0.3) is 0 Å². The summed E-state index contributed by atoms with van der Waals surface area (Å²) in [7, 11) is 0. The van der Waals surface area contributed by atoms with Crippen molar-refractivity contribution in [3.05, 3.63) is 65.2 Å². The lowest BCUT2D eigenvalue weighted by Crippen LogP contribution is -2.38. The van der Waals surface area contributed by atoms with E-state index in [2.05, 4.69) is 0 Å². The number of phenolic OH excluding ortho intramolecular Hbond substituents is 1. The number of primary amides is 1. The molecule has 0 unspecified atom stereocenters. The van der Waals surface area contributed by atoms with Gasteiger partial charge in [0.15, 0.2) is 0 Å². The van der Waals surface area contributed by atoms with E-state index in [-0.39, 0.29) is 24.7 Å². The third-order valence-electron chi connectivity index (χ3n) is 3.31. The van der Waals surface area contributed by atoms with Gasteiger partial charge in [0.1, 0.15) is 5.75 Å². The molecule has 22 heavy (non-hydrogen) atoms. The Morgan fingerprint density at radius 1 is 1.14 bits per heavy atom. The Bertz CT molecular complexity index is 684. The second-order valence-corrected chi connectivity index (χ2v) is 5.11. The number of carbonyl (C=O) groups is 2. The van der Waals surface area contributed by atoms with Crippen molar-refractivity contribution >= 4 is 11.8 Å². The maximum atomic E-state index is 12.6. The van der Waals surface area contributed by atoms with Crippen LogP contribution in [-0.2, 0) is 11.3 Å². The molecule has 0 aliphatic heterocycles. The first-order valence-corrected chi connectivity index (χ1v) is 6.88. The Balaban J connectivity index is 2.25. The van der Waals surface area contributed by atoms with Gasteiger partial charge in [0.05, 0.1) is 6.54 Å². The number of amides is 2. The largest absolute Gasteiger partial charge is 0.508 e. The minimum absolute atomic E-state index is 0.0459. The highest BCUT2D eigenvalue weighted by atomic mass is 16.3. The quantitative estimate of drug-likeness (QED) is 0.883. The zero-order chi connectivity index (χ0) is 16.1. The van der Waals surface area contributed by atoms with E-state index in [4.69, 9.17) is 5.73 Å². The molecule has 2 amide bonds.